The van der Waals surface area contributed by atoms with E-state index >= 15 is 0 Å². The van der Waals surface area contributed by atoms with Crippen molar-refractivity contribution in [3.05, 3.63) is 59.9 Å². The van der Waals surface area contributed by atoms with Crippen LogP contribution in [0.2, 0.25) is 0 Å². The second-order valence-corrected chi connectivity index (χ2v) is 6.85. The molecule has 0 saturated heterocycles. The van der Waals surface area contributed by atoms with E-state index in [2.05, 4.69) is 5.32 Å². The smallest absolute Gasteiger partial charge is 0.254 e. The van der Waals surface area contributed by atoms with Crippen LogP contribution < -0.4 is 15.0 Å². The third-order valence-corrected chi connectivity index (χ3v) is 5.31. The molecule has 2 N–H and O–H groups in total. The number of rotatable bonds is 2. The van der Waals surface area contributed by atoms with Crippen molar-refractivity contribution in [1.29, 1.82) is 0 Å². The highest BCUT2D eigenvalue weighted by Gasteiger charge is 2.45. The van der Waals surface area contributed by atoms with Crippen LogP contribution in [0.15, 0.2) is 48.5 Å². The van der Waals surface area contributed by atoms with Gasteiger partial charge >= 0.3 is 0 Å². The molecule has 0 aromatic heterocycles. The Morgan fingerprint density at radius 1 is 1.19 bits per heavy atom. The van der Waals surface area contributed by atoms with Crippen LogP contribution in [0.25, 0.3) is 0 Å². The first-order valence-electron chi connectivity index (χ1n) is 8.78. The molecule has 4 rings (SSSR count). The van der Waals surface area contributed by atoms with Crippen LogP contribution in [-0.2, 0) is 0 Å². The number of carbonyl (C=O) groups excluding carboxylic acids is 1. The summed E-state index contributed by atoms with van der Waals surface area (Å²) >= 11 is 0. The van der Waals surface area contributed by atoms with Crippen LogP contribution in [0.5, 0.6) is 5.75 Å². The number of hydrogen-bond donors (Lipinski definition) is 2. The molecular formula is C20H21FN2O3. The highest BCUT2D eigenvalue weighted by Crippen LogP contribution is 2.39. The number of hydrogen-bond acceptors (Lipinski definition) is 4. The number of amides is 1. The lowest BCUT2D eigenvalue weighted by molar-refractivity contribution is -0.000966. The summed E-state index contributed by atoms with van der Waals surface area (Å²) in [6.07, 6.45) is 0.301. The number of ether oxygens (including phenoxy) is 1. The van der Waals surface area contributed by atoms with Crippen LogP contribution in [0.4, 0.5) is 10.1 Å². The SMILES string of the molecule is CN1c2ccccc2O[C@@H]2CC[C@@H](NC(=O)c3ccccc3F)[C@@H](O)[C@@H]21. The van der Waals surface area contributed by atoms with Crippen molar-refractivity contribution in [2.75, 3.05) is 11.9 Å². The van der Waals surface area contributed by atoms with Crippen molar-refractivity contribution in [3.8, 4) is 5.75 Å². The van der Waals surface area contributed by atoms with Crippen LogP contribution >= 0.6 is 0 Å². The van der Waals surface area contributed by atoms with E-state index in [1.807, 2.05) is 36.2 Å². The topological polar surface area (TPSA) is 61.8 Å². The number of halogens is 1. The Hall–Kier alpha value is -2.60. The first-order valence-corrected chi connectivity index (χ1v) is 8.78. The molecular weight excluding hydrogens is 335 g/mol. The molecule has 1 heterocycles. The van der Waals surface area contributed by atoms with E-state index in [4.69, 9.17) is 4.74 Å². The van der Waals surface area contributed by atoms with Gasteiger partial charge in [0.2, 0.25) is 0 Å². The first-order chi connectivity index (χ1) is 12.6. The maximum Gasteiger partial charge on any atom is 0.254 e. The average Bonchev–Trinajstić information content (AvgIpc) is 2.64. The summed E-state index contributed by atoms with van der Waals surface area (Å²) in [5.74, 6) is -0.275. The van der Waals surface area contributed by atoms with Gasteiger partial charge in [0.25, 0.3) is 5.91 Å². The molecule has 4 atom stereocenters. The Morgan fingerprint density at radius 2 is 1.92 bits per heavy atom. The van der Waals surface area contributed by atoms with Crippen LogP contribution in [0, 0.1) is 5.82 Å². The summed E-state index contributed by atoms with van der Waals surface area (Å²) < 4.78 is 19.9. The number of nitrogens with zero attached hydrogens (tertiary/aromatic N) is 1. The Kier molecular flexibility index (Phi) is 4.28. The molecule has 1 amide bonds. The Balaban J connectivity index is 1.53. The Morgan fingerprint density at radius 3 is 2.73 bits per heavy atom. The largest absolute Gasteiger partial charge is 0.486 e. The number of carbonyl (C=O) groups is 1. The lowest BCUT2D eigenvalue weighted by Gasteiger charge is -2.48. The van der Waals surface area contributed by atoms with Crippen molar-refractivity contribution < 1.29 is 19.0 Å². The van der Waals surface area contributed by atoms with E-state index < -0.39 is 23.9 Å². The number of fused-ring (bicyclic) bond motifs is 2. The second kappa shape index (κ2) is 6.61. The fraction of sp³-hybridized carbons (Fsp3) is 0.350. The van der Waals surface area contributed by atoms with Gasteiger partial charge in [-0.2, -0.15) is 0 Å². The minimum absolute atomic E-state index is 0.0135. The zero-order valence-electron chi connectivity index (χ0n) is 14.4. The van der Waals surface area contributed by atoms with Crippen molar-refractivity contribution >= 4 is 11.6 Å². The maximum absolute atomic E-state index is 13.8. The van der Waals surface area contributed by atoms with Gasteiger partial charge in [-0.3, -0.25) is 4.79 Å². The molecule has 0 spiro atoms. The highest BCUT2D eigenvalue weighted by molar-refractivity contribution is 5.94. The molecule has 1 aliphatic heterocycles. The standard InChI is InChI=1S/C20H21FN2O3/c1-23-15-8-4-5-9-16(15)26-17-11-10-14(19(24)18(17)23)22-20(25)12-6-2-3-7-13(12)21/h2-9,14,17-19,24H,10-11H2,1H3,(H,22,25)/t14-,17-,18-,19-/m1/s1. The molecule has 1 saturated carbocycles. The maximum atomic E-state index is 13.8. The van der Waals surface area contributed by atoms with Gasteiger partial charge in [-0.25, -0.2) is 4.39 Å². The predicted molar refractivity (Wildman–Crippen MR) is 95.9 cm³/mol. The highest BCUT2D eigenvalue weighted by atomic mass is 19.1. The number of aliphatic hydroxyl groups excluding tert-OH is 1. The van der Waals surface area contributed by atoms with E-state index in [0.29, 0.717) is 12.8 Å². The fourth-order valence-electron chi connectivity index (χ4n) is 3.97. The molecule has 0 bridgehead atoms. The van der Waals surface area contributed by atoms with Crippen molar-refractivity contribution in [3.63, 3.8) is 0 Å². The summed E-state index contributed by atoms with van der Waals surface area (Å²) in [7, 11) is 1.92. The minimum atomic E-state index is -0.817. The Labute approximate surface area is 151 Å². The average molecular weight is 356 g/mol. The number of likely N-dealkylation sites (N-methyl/N-ethyl adjacent to an activating group) is 1. The van der Waals surface area contributed by atoms with Crippen molar-refractivity contribution in [2.24, 2.45) is 0 Å². The lowest BCUT2D eigenvalue weighted by Crippen LogP contribution is -2.64. The number of para-hydroxylation sites is 2. The predicted octanol–water partition coefficient (Wildman–Crippen LogP) is 2.34. The van der Waals surface area contributed by atoms with Crippen LogP contribution in [-0.4, -0.2) is 42.4 Å². The van der Waals surface area contributed by atoms with E-state index in [-0.39, 0.29) is 17.7 Å². The normalized spacial score (nSPS) is 27.1. The van der Waals surface area contributed by atoms with Gasteiger partial charge in [0.05, 0.1) is 29.4 Å². The molecule has 0 unspecified atom stereocenters. The van der Waals surface area contributed by atoms with Crippen LogP contribution in [0.3, 0.4) is 0 Å². The van der Waals surface area contributed by atoms with Crippen molar-refractivity contribution in [2.45, 2.75) is 37.1 Å². The first kappa shape index (κ1) is 16.8. The third kappa shape index (κ3) is 2.80. The monoisotopic (exact) mass is 356 g/mol. The van der Waals surface area contributed by atoms with Gasteiger partial charge < -0.3 is 20.1 Å². The quantitative estimate of drug-likeness (QED) is 0.867. The summed E-state index contributed by atoms with van der Waals surface area (Å²) in [6, 6.07) is 12.8. The number of benzene rings is 2. The van der Waals surface area contributed by atoms with Crippen molar-refractivity contribution in [1.82, 2.24) is 5.32 Å². The summed E-state index contributed by atoms with van der Waals surface area (Å²) in [5.41, 5.74) is 0.897. The molecule has 2 aliphatic rings. The molecule has 5 nitrogen and oxygen atoms in total. The Bertz CT molecular complexity index is 828. The molecule has 0 radical (unpaired) electrons. The minimum Gasteiger partial charge on any atom is -0.486 e. The second-order valence-electron chi connectivity index (χ2n) is 6.85. The fourth-order valence-corrected chi connectivity index (χ4v) is 3.97. The van der Waals surface area contributed by atoms with Gasteiger partial charge in [-0.1, -0.05) is 24.3 Å². The van der Waals surface area contributed by atoms with Gasteiger partial charge in [-0.05, 0) is 37.1 Å². The summed E-state index contributed by atoms with van der Waals surface area (Å²) in [6.45, 7) is 0. The molecule has 2 aromatic rings. The van der Waals surface area contributed by atoms with Gasteiger partial charge in [0.15, 0.2) is 0 Å². The molecule has 136 valence electrons. The number of nitrogens with one attached hydrogen (secondary N) is 1. The molecule has 6 heteroatoms. The van der Waals surface area contributed by atoms with Gasteiger partial charge in [-0.15, -0.1) is 0 Å². The zero-order valence-corrected chi connectivity index (χ0v) is 14.4. The molecule has 1 fully saturated rings. The number of anilines is 1. The van der Waals surface area contributed by atoms with E-state index in [1.54, 1.807) is 6.07 Å². The van der Waals surface area contributed by atoms with Gasteiger partial charge in [0, 0.05) is 7.05 Å². The van der Waals surface area contributed by atoms with Crippen LogP contribution in [0.1, 0.15) is 23.2 Å². The van der Waals surface area contributed by atoms with Gasteiger partial charge in [0.1, 0.15) is 17.7 Å². The van der Waals surface area contributed by atoms with E-state index in [0.717, 1.165) is 11.4 Å². The zero-order chi connectivity index (χ0) is 18.3. The summed E-state index contributed by atoms with van der Waals surface area (Å²) in [5, 5.41) is 13.7. The van der Waals surface area contributed by atoms with E-state index in [9.17, 15) is 14.3 Å². The van der Waals surface area contributed by atoms with E-state index in [1.165, 1.54) is 18.2 Å². The lowest BCUT2D eigenvalue weighted by atomic mass is 9.83. The molecule has 2 aromatic carbocycles. The summed E-state index contributed by atoms with van der Waals surface area (Å²) in [4.78, 5) is 14.4. The number of aliphatic hydroxyl groups is 1. The molecule has 26 heavy (non-hydrogen) atoms. The third-order valence-electron chi connectivity index (χ3n) is 5.31. The molecule has 1 aliphatic carbocycles.